The maximum atomic E-state index is 12.7. The number of nitrogens with one attached hydrogen (secondary N) is 1. The van der Waals surface area contributed by atoms with Crippen molar-refractivity contribution in [3.05, 3.63) is 0 Å². The van der Waals surface area contributed by atoms with Crippen molar-refractivity contribution in [2.45, 2.75) is 37.7 Å². The molecule has 1 amide bonds. The van der Waals surface area contributed by atoms with Crippen molar-refractivity contribution in [2.24, 2.45) is 0 Å². The molecule has 92 valence electrons. The largest absolute Gasteiger partial charge is 0.500 e. The number of rotatable bonds is 2. The summed E-state index contributed by atoms with van der Waals surface area (Å²) in [6, 6.07) is -0.390. The van der Waals surface area contributed by atoms with E-state index in [-0.39, 0.29) is 18.9 Å². The summed E-state index contributed by atoms with van der Waals surface area (Å²) in [6.07, 6.45) is 2.06. The number of hydrogen-bond acceptors (Lipinski definition) is 2. The number of halogens is 3. The summed E-state index contributed by atoms with van der Waals surface area (Å²) < 4.78 is 38.1. The minimum Gasteiger partial charge on any atom is -0.448 e. The maximum Gasteiger partial charge on any atom is 0.500 e. The fraction of sp³-hybridized carbons (Fsp3) is 0.889. The Hall–Kier alpha value is -0.715. The summed E-state index contributed by atoms with van der Waals surface area (Å²) in [5.41, 5.74) is 0. The SMILES string of the molecule is O=C([C@@H]1CCCN1)N1CCC[C@H]1[B-](F)(F)F. The lowest BCUT2D eigenvalue weighted by atomic mass is 9.77. The molecule has 0 aromatic rings. The number of carbonyl (C=O) groups is 1. The van der Waals surface area contributed by atoms with Gasteiger partial charge in [0.15, 0.2) is 0 Å². The van der Waals surface area contributed by atoms with Gasteiger partial charge in [-0.1, -0.05) is 6.42 Å². The molecule has 2 saturated heterocycles. The standard InChI is InChI=1S/C9H15BF3N2O/c11-10(12,13)8-4-2-6-15(8)9(16)7-3-1-5-14-7/h7-8,14H,1-6H2/q-1/t7-,8-/m0/s1. The lowest BCUT2D eigenvalue weighted by Gasteiger charge is -2.33. The third-order valence-electron chi connectivity index (χ3n) is 3.38. The van der Waals surface area contributed by atoms with Gasteiger partial charge in [-0.2, -0.15) is 0 Å². The van der Waals surface area contributed by atoms with Crippen molar-refractivity contribution in [3.8, 4) is 0 Å². The second-order valence-corrected chi connectivity index (χ2v) is 4.52. The number of hydrogen-bond donors (Lipinski definition) is 1. The predicted molar refractivity (Wildman–Crippen MR) is 54.8 cm³/mol. The fourth-order valence-corrected chi connectivity index (χ4v) is 2.55. The monoisotopic (exact) mass is 235 g/mol. The van der Waals surface area contributed by atoms with E-state index in [9.17, 15) is 17.7 Å². The molecule has 16 heavy (non-hydrogen) atoms. The highest BCUT2D eigenvalue weighted by Gasteiger charge is 2.44. The molecule has 1 N–H and O–H groups in total. The van der Waals surface area contributed by atoms with E-state index >= 15 is 0 Å². The molecule has 2 fully saturated rings. The highest BCUT2D eigenvalue weighted by Crippen LogP contribution is 2.29. The van der Waals surface area contributed by atoms with Gasteiger partial charge in [-0.3, -0.25) is 4.79 Å². The van der Waals surface area contributed by atoms with Crippen LogP contribution < -0.4 is 5.32 Å². The Morgan fingerprint density at radius 1 is 1.25 bits per heavy atom. The van der Waals surface area contributed by atoms with Gasteiger partial charge in [-0.05, 0) is 25.8 Å². The van der Waals surface area contributed by atoms with Gasteiger partial charge in [-0.25, -0.2) is 0 Å². The van der Waals surface area contributed by atoms with Crippen molar-refractivity contribution in [2.75, 3.05) is 13.1 Å². The minimum absolute atomic E-state index is 0.0714. The fourth-order valence-electron chi connectivity index (χ4n) is 2.55. The van der Waals surface area contributed by atoms with Crippen molar-refractivity contribution < 1.29 is 17.7 Å². The minimum atomic E-state index is -4.93. The molecule has 0 spiro atoms. The van der Waals surface area contributed by atoms with Crippen LogP contribution in [0.3, 0.4) is 0 Å². The van der Waals surface area contributed by atoms with Gasteiger partial charge in [0.2, 0.25) is 5.91 Å². The van der Waals surface area contributed by atoms with Gasteiger partial charge >= 0.3 is 6.98 Å². The van der Waals surface area contributed by atoms with Gasteiger partial charge in [-0.15, -0.1) is 0 Å². The van der Waals surface area contributed by atoms with Gasteiger partial charge in [0.25, 0.3) is 0 Å². The average Bonchev–Trinajstić information content (AvgIpc) is 2.87. The molecule has 2 aliphatic heterocycles. The number of nitrogens with zero attached hydrogens (tertiary/aromatic N) is 1. The summed E-state index contributed by atoms with van der Waals surface area (Å²) in [6.45, 7) is -3.95. The zero-order valence-electron chi connectivity index (χ0n) is 8.96. The first-order chi connectivity index (χ1) is 7.50. The van der Waals surface area contributed by atoms with E-state index in [0.717, 1.165) is 17.9 Å². The zero-order chi connectivity index (χ0) is 11.8. The van der Waals surface area contributed by atoms with E-state index in [4.69, 9.17) is 0 Å². The zero-order valence-corrected chi connectivity index (χ0v) is 8.96. The first-order valence-electron chi connectivity index (χ1n) is 5.74. The van der Waals surface area contributed by atoms with Crippen LogP contribution in [0.2, 0.25) is 0 Å². The smallest absolute Gasteiger partial charge is 0.448 e. The van der Waals surface area contributed by atoms with Crippen LogP contribution in [0, 0.1) is 0 Å². The van der Waals surface area contributed by atoms with Crippen molar-refractivity contribution >= 4 is 12.9 Å². The lowest BCUT2D eigenvalue weighted by Crippen LogP contribution is -2.52. The summed E-state index contributed by atoms with van der Waals surface area (Å²) in [5.74, 6) is -1.87. The van der Waals surface area contributed by atoms with Crippen LogP contribution in [0.5, 0.6) is 0 Å². The van der Waals surface area contributed by atoms with E-state index < -0.39 is 19.0 Å². The molecule has 2 heterocycles. The van der Waals surface area contributed by atoms with E-state index in [1.165, 1.54) is 0 Å². The first-order valence-corrected chi connectivity index (χ1v) is 5.74. The molecule has 3 nitrogen and oxygen atoms in total. The van der Waals surface area contributed by atoms with Crippen LogP contribution in [-0.4, -0.2) is 42.9 Å². The average molecular weight is 235 g/mol. The van der Waals surface area contributed by atoms with E-state index in [0.29, 0.717) is 12.8 Å². The summed E-state index contributed by atoms with van der Waals surface area (Å²) >= 11 is 0. The molecule has 0 unspecified atom stereocenters. The topological polar surface area (TPSA) is 32.3 Å². The second-order valence-electron chi connectivity index (χ2n) is 4.52. The van der Waals surface area contributed by atoms with Crippen LogP contribution in [0.15, 0.2) is 0 Å². The molecular formula is C9H15BF3N2O-. The molecule has 7 heteroatoms. The van der Waals surface area contributed by atoms with Gasteiger partial charge in [0.1, 0.15) is 0 Å². The molecular weight excluding hydrogens is 220 g/mol. The third-order valence-corrected chi connectivity index (χ3v) is 3.38. The van der Waals surface area contributed by atoms with Crippen molar-refractivity contribution in [1.29, 1.82) is 0 Å². The van der Waals surface area contributed by atoms with Crippen LogP contribution in [-0.2, 0) is 4.79 Å². The Labute approximate surface area is 92.4 Å². The Kier molecular flexibility index (Phi) is 3.14. The Morgan fingerprint density at radius 2 is 2.00 bits per heavy atom. The van der Waals surface area contributed by atoms with Crippen molar-refractivity contribution in [1.82, 2.24) is 10.2 Å². The third kappa shape index (κ3) is 2.19. The van der Waals surface area contributed by atoms with E-state index in [1.54, 1.807) is 0 Å². The normalized spacial score (nSPS) is 31.1. The Morgan fingerprint density at radius 3 is 2.56 bits per heavy atom. The number of amides is 1. The molecule has 0 radical (unpaired) electrons. The maximum absolute atomic E-state index is 12.7. The molecule has 0 bridgehead atoms. The molecule has 2 rings (SSSR count). The van der Waals surface area contributed by atoms with Crippen LogP contribution in [0.25, 0.3) is 0 Å². The van der Waals surface area contributed by atoms with E-state index in [2.05, 4.69) is 5.32 Å². The summed E-state index contributed by atoms with van der Waals surface area (Å²) in [4.78, 5) is 12.9. The van der Waals surface area contributed by atoms with Crippen LogP contribution >= 0.6 is 0 Å². The van der Waals surface area contributed by atoms with E-state index in [1.807, 2.05) is 0 Å². The lowest BCUT2D eigenvalue weighted by molar-refractivity contribution is -0.133. The highest BCUT2D eigenvalue weighted by molar-refractivity contribution is 6.60. The van der Waals surface area contributed by atoms with Gasteiger partial charge in [0.05, 0.1) is 6.04 Å². The summed E-state index contributed by atoms with van der Waals surface area (Å²) in [5, 5.41) is 2.95. The number of carbonyl (C=O) groups excluding carboxylic acids is 1. The first kappa shape index (κ1) is 11.8. The Bertz CT molecular complexity index is 278. The van der Waals surface area contributed by atoms with Gasteiger partial charge in [0, 0.05) is 12.5 Å². The summed E-state index contributed by atoms with van der Waals surface area (Å²) in [7, 11) is 0. The molecule has 0 aromatic heterocycles. The predicted octanol–water partition coefficient (Wildman–Crippen LogP) is 1.12. The molecule has 0 aromatic carbocycles. The molecule has 0 aliphatic carbocycles. The van der Waals surface area contributed by atoms with Gasteiger partial charge < -0.3 is 23.2 Å². The number of likely N-dealkylation sites (tertiary alicyclic amines) is 1. The quantitative estimate of drug-likeness (QED) is 0.727. The molecule has 0 saturated carbocycles. The van der Waals surface area contributed by atoms with Crippen LogP contribution in [0.4, 0.5) is 12.9 Å². The Balaban J connectivity index is 2.04. The second kappa shape index (κ2) is 4.27. The van der Waals surface area contributed by atoms with Crippen molar-refractivity contribution in [3.63, 3.8) is 0 Å². The molecule has 2 aliphatic rings. The van der Waals surface area contributed by atoms with Crippen LogP contribution in [0.1, 0.15) is 25.7 Å². The molecule has 2 atom stereocenters. The highest BCUT2D eigenvalue weighted by atomic mass is 19.4.